The summed E-state index contributed by atoms with van der Waals surface area (Å²) >= 11 is -3.22. The molecule has 0 aliphatic rings. The molecule has 0 spiro atoms. The fourth-order valence-corrected chi connectivity index (χ4v) is 2.24. The molecule has 1 atom stereocenters. The number of hydrogen-bond acceptors (Lipinski definition) is 3. The van der Waals surface area contributed by atoms with Crippen molar-refractivity contribution in [3.63, 3.8) is 0 Å². The van der Waals surface area contributed by atoms with E-state index in [-0.39, 0.29) is 4.46 Å². The summed E-state index contributed by atoms with van der Waals surface area (Å²) in [5.74, 6) is 0. The molecule has 0 amide bonds. The van der Waals surface area contributed by atoms with Crippen molar-refractivity contribution < 1.29 is 12.4 Å². The van der Waals surface area contributed by atoms with E-state index in [1.54, 1.807) is 12.1 Å². The van der Waals surface area contributed by atoms with Gasteiger partial charge >= 0.3 is 89.2 Å². The van der Waals surface area contributed by atoms with Gasteiger partial charge in [-0.25, -0.2) is 0 Å². The molecule has 1 aromatic heterocycles. The zero-order valence-corrected chi connectivity index (χ0v) is 9.60. The Morgan fingerprint density at radius 3 is 2.80 bits per heavy atom. The quantitative estimate of drug-likeness (QED) is 0.753. The summed E-state index contributed by atoms with van der Waals surface area (Å²) in [7, 11) is 0. The van der Waals surface area contributed by atoms with E-state index in [9.17, 15) is 8.63 Å². The third kappa shape index (κ3) is 1.65. The van der Waals surface area contributed by atoms with Gasteiger partial charge in [-0.2, -0.15) is 0 Å². The molecular weight excluding hydrogens is 263 g/mol. The summed E-state index contributed by atoms with van der Waals surface area (Å²) in [5, 5.41) is 0.353. The van der Waals surface area contributed by atoms with Gasteiger partial charge in [-0.3, -0.25) is 0 Å². The van der Waals surface area contributed by atoms with Crippen LogP contribution in [0.4, 0.5) is 0 Å². The number of hydrogen-bond donors (Lipinski definition) is 1. The van der Waals surface area contributed by atoms with Gasteiger partial charge in [0.1, 0.15) is 0 Å². The number of benzene rings is 1. The van der Waals surface area contributed by atoms with Crippen molar-refractivity contribution in [2.24, 2.45) is 0 Å². The van der Waals surface area contributed by atoms with Crippen LogP contribution in [-0.4, -0.2) is 18.4 Å². The van der Waals surface area contributed by atoms with Crippen LogP contribution in [0.2, 0.25) is 0 Å². The Morgan fingerprint density at radius 2 is 2.13 bits per heavy atom. The first-order valence-corrected chi connectivity index (χ1v) is 6.55. The molecule has 2 rings (SSSR count). The van der Waals surface area contributed by atoms with Crippen molar-refractivity contribution in [2.45, 2.75) is 6.92 Å². The average Bonchev–Trinajstić information content (AvgIpc) is 2.19. The van der Waals surface area contributed by atoms with E-state index in [1.165, 1.54) is 0 Å². The molecule has 0 saturated carbocycles. The number of rotatable bonds is 1. The Kier molecular flexibility index (Phi) is 2.52. The van der Waals surface area contributed by atoms with Crippen LogP contribution in [0.1, 0.15) is 5.56 Å². The molecule has 1 heterocycles. The third-order valence-electron chi connectivity index (χ3n) is 2.15. The standard InChI is InChI=1S/C10H8O4Se/c1-6-3-2-4-7-9(11)8(15(12)13)5-14-10(6)7/h2-5H,1H3,(H,12,13). The van der Waals surface area contributed by atoms with E-state index in [1.807, 2.05) is 13.0 Å². The summed E-state index contributed by atoms with van der Waals surface area (Å²) < 4.78 is 24.9. The minimum absolute atomic E-state index is 0.131. The maximum atomic E-state index is 11.7. The van der Waals surface area contributed by atoms with Gasteiger partial charge in [0.2, 0.25) is 0 Å². The number of para-hydroxylation sites is 1. The first kappa shape index (κ1) is 10.2. The van der Waals surface area contributed by atoms with Crippen LogP contribution < -0.4 is 9.89 Å². The molecule has 1 aromatic carbocycles. The van der Waals surface area contributed by atoms with Crippen LogP contribution >= 0.6 is 0 Å². The fraction of sp³-hybridized carbons (Fsp3) is 0.100. The Balaban J connectivity index is 2.92. The summed E-state index contributed by atoms with van der Waals surface area (Å²) in [5.41, 5.74) is 0.887. The first-order chi connectivity index (χ1) is 7.11. The van der Waals surface area contributed by atoms with E-state index in [4.69, 9.17) is 8.61 Å². The van der Waals surface area contributed by atoms with E-state index in [0.29, 0.717) is 11.0 Å². The topological polar surface area (TPSA) is 67.5 Å². The second-order valence-corrected chi connectivity index (χ2v) is 5.10. The van der Waals surface area contributed by atoms with Crippen molar-refractivity contribution in [2.75, 3.05) is 0 Å². The van der Waals surface area contributed by atoms with E-state index in [0.717, 1.165) is 11.8 Å². The van der Waals surface area contributed by atoms with Crippen molar-refractivity contribution in [1.82, 2.24) is 0 Å². The molecule has 0 radical (unpaired) electrons. The predicted octanol–water partition coefficient (Wildman–Crippen LogP) is 0.219. The van der Waals surface area contributed by atoms with Crippen molar-refractivity contribution in [3.05, 3.63) is 40.2 Å². The van der Waals surface area contributed by atoms with Crippen LogP contribution in [0.25, 0.3) is 11.0 Å². The van der Waals surface area contributed by atoms with Crippen LogP contribution in [0.3, 0.4) is 0 Å². The fourth-order valence-electron chi connectivity index (χ4n) is 1.41. The molecule has 78 valence electrons. The van der Waals surface area contributed by atoms with Gasteiger partial charge in [-0.15, -0.1) is 0 Å². The number of aryl methyl sites for hydroxylation is 1. The molecule has 0 fully saturated rings. The maximum absolute atomic E-state index is 11.7. The minimum atomic E-state index is -3.22. The van der Waals surface area contributed by atoms with Crippen molar-refractivity contribution in [3.8, 4) is 0 Å². The summed E-state index contributed by atoms with van der Waals surface area (Å²) in [6.45, 7) is 1.81. The van der Waals surface area contributed by atoms with Gasteiger partial charge in [-0.1, -0.05) is 0 Å². The van der Waals surface area contributed by atoms with Crippen molar-refractivity contribution >= 4 is 29.6 Å². The molecule has 5 heteroatoms. The predicted molar refractivity (Wildman–Crippen MR) is 55.5 cm³/mol. The normalized spacial score (nSPS) is 12.9. The van der Waals surface area contributed by atoms with Crippen LogP contribution in [0, 0.1) is 6.92 Å². The van der Waals surface area contributed by atoms with Crippen LogP contribution in [-0.2, 0) is 3.83 Å². The summed E-state index contributed by atoms with van der Waals surface area (Å²) in [6, 6.07) is 5.12. The van der Waals surface area contributed by atoms with E-state index in [2.05, 4.69) is 0 Å². The zero-order chi connectivity index (χ0) is 11.0. The second-order valence-electron chi connectivity index (χ2n) is 3.13. The van der Waals surface area contributed by atoms with Gasteiger partial charge in [0.25, 0.3) is 0 Å². The molecule has 1 unspecified atom stereocenters. The first-order valence-electron chi connectivity index (χ1n) is 4.23. The molecule has 0 bridgehead atoms. The monoisotopic (exact) mass is 272 g/mol. The molecule has 1 N–H and O–H groups in total. The Hall–Kier alpha value is -1.29. The van der Waals surface area contributed by atoms with Gasteiger partial charge in [-0.05, 0) is 0 Å². The second kappa shape index (κ2) is 3.70. The average molecular weight is 271 g/mol. The van der Waals surface area contributed by atoms with Gasteiger partial charge in [0.05, 0.1) is 0 Å². The van der Waals surface area contributed by atoms with Gasteiger partial charge in [0.15, 0.2) is 0 Å². The summed E-state index contributed by atoms with van der Waals surface area (Å²) in [4.78, 5) is 11.7. The third-order valence-corrected chi connectivity index (χ3v) is 3.53. The Bertz CT molecular complexity index is 600. The van der Waals surface area contributed by atoms with Crippen LogP contribution in [0.5, 0.6) is 0 Å². The molecule has 2 aromatic rings. The molecule has 15 heavy (non-hydrogen) atoms. The molecule has 4 nitrogen and oxygen atoms in total. The molecule has 0 aliphatic carbocycles. The van der Waals surface area contributed by atoms with E-state index >= 15 is 0 Å². The molecule has 0 saturated heterocycles. The molecular formula is C10H8O4Se. The molecule has 0 aliphatic heterocycles. The van der Waals surface area contributed by atoms with Gasteiger partial charge in [0, 0.05) is 0 Å². The number of fused-ring (bicyclic) bond motifs is 1. The van der Waals surface area contributed by atoms with E-state index < -0.39 is 19.6 Å². The van der Waals surface area contributed by atoms with Gasteiger partial charge < -0.3 is 0 Å². The Labute approximate surface area is 89.6 Å². The Morgan fingerprint density at radius 1 is 1.40 bits per heavy atom. The summed E-state index contributed by atoms with van der Waals surface area (Å²) in [6.07, 6.45) is 1.08. The SMILES string of the molecule is Cc1cccc2c(=O)c([Se](=O)O)coc12. The van der Waals surface area contributed by atoms with Crippen molar-refractivity contribution in [1.29, 1.82) is 0 Å². The van der Waals surface area contributed by atoms with Crippen LogP contribution in [0.15, 0.2) is 33.7 Å². The zero-order valence-electron chi connectivity index (χ0n) is 7.89.